The van der Waals surface area contributed by atoms with Crippen LogP contribution in [-0.2, 0) is 0 Å². The Kier molecular flexibility index (Phi) is 4.79. The molecule has 18 heavy (non-hydrogen) atoms. The van der Waals surface area contributed by atoms with Crippen molar-refractivity contribution in [2.45, 2.75) is 46.3 Å². The van der Waals surface area contributed by atoms with Gasteiger partial charge in [0.15, 0.2) is 0 Å². The first kappa shape index (κ1) is 15.0. The predicted octanol–water partition coefficient (Wildman–Crippen LogP) is 4.21. The molecule has 0 spiro atoms. The van der Waals surface area contributed by atoms with E-state index in [2.05, 4.69) is 17.4 Å². The van der Waals surface area contributed by atoms with E-state index < -0.39 is 12.6 Å². The van der Waals surface area contributed by atoms with Gasteiger partial charge in [0.25, 0.3) is 0 Å². The highest BCUT2D eigenvalue weighted by Crippen LogP contribution is 2.24. The minimum absolute atomic E-state index is 0.0442. The fraction of sp³-hybridized carbons (Fsp3) is 0.571. The second-order valence-electron chi connectivity index (χ2n) is 4.85. The molecular weight excluding hydrogens is 239 g/mol. The lowest BCUT2D eigenvalue weighted by atomic mass is 9.95. The van der Waals surface area contributed by atoms with Gasteiger partial charge in [-0.15, -0.1) is 0 Å². The van der Waals surface area contributed by atoms with Crippen molar-refractivity contribution in [2.75, 3.05) is 6.54 Å². The van der Waals surface area contributed by atoms with E-state index in [1.54, 1.807) is 0 Å². The van der Waals surface area contributed by atoms with Crippen molar-refractivity contribution >= 4 is 0 Å². The van der Waals surface area contributed by atoms with Gasteiger partial charge < -0.3 is 5.32 Å². The maximum atomic E-state index is 12.1. The van der Waals surface area contributed by atoms with Gasteiger partial charge in [-0.05, 0) is 44.4 Å². The Bertz CT molecular complexity index is 387. The molecule has 0 heterocycles. The van der Waals surface area contributed by atoms with Gasteiger partial charge in [-0.1, -0.05) is 17.7 Å². The molecule has 1 aromatic rings. The van der Waals surface area contributed by atoms with E-state index in [0.29, 0.717) is 0 Å². The number of aryl methyl sites for hydroxylation is 3. The zero-order valence-corrected chi connectivity index (χ0v) is 11.3. The van der Waals surface area contributed by atoms with Gasteiger partial charge in [0.05, 0.1) is 6.42 Å². The molecule has 0 radical (unpaired) electrons. The summed E-state index contributed by atoms with van der Waals surface area (Å²) in [7, 11) is 0. The fourth-order valence-electron chi connectivity index (χ4n) is 2.41. The zero-order chi connectivity index (χ0) is 13.9. The molecule has 1 N–H and O–H groups in total. The molecule has 1 atom stereocenters. The number of benzene rings is 1. The van der Waals surface area contributed by atoms with Crippen LogP contribution in [0, 0.1) is 20.8 Å². The molecule has 0 fully saturated rings. The van der Waals surface area contributed by atoms with Crippen LogP contribution >= 0.6 is 0 Å². The summed E-state index contributed by atoms with van der Waals surface area (Å²) in [6, 6.07) is 4.06. The van der Waals surface area contributed by atoms with Crippen molar-refractivity contribution in [3.05, 3.63) is 34.4 Å². The summed E-state index contributed by atoms with van der Waals surface area (Å²) in [4.78, 5) is 0. The number of halogens is 3. The average Bonchev–Trinajstić information content (AvgIpc) is 2.13. The standard InChI is InChI=1S/C14H20F3N/c1-9-7-10(2)13(11(3)8-9)12(4)18-6-5-14(15,16)17/h7-8,12,18H,5-6H2,1-4H3. The number of hydrogen-bond donors (Lipinski definition) is 1. The maximum Gasteiger partial charge on any atom is 0.390 e. The van der Waals surface area contributed by atoms with Gasteiger partial charge in [-0.25, -0.2) is 0 Å². The van der Waals surface area contributed by atoms with Gasteiger partial charge >= 0.3 is 6.18 Å². The molecular formula is C14H20F3N. The first-order valence-corrected chi connectivity index (χ1v) is 6.08. The lowest BCUT2D eigenvalue weighted by molar-refractivity contribution is -0.133. The highest BCUT2D eigenvalue weighted by atomic mass is 19.4. The quantitative estimate of drug-likeness (QED) is 0.853. The highest BCUT2D eigenvalue weighted by molar-refractivity contribution is 5.39. The van der Waals surface area contributed by atoms with Gasteiger partial charge in [0.2, 0.25) is 0 Å². The Morgan fingerprint density at radius 2 is 1.61 bits per heavy atom. The summed E-state index contributed by atoms with van der Waals surface area (Å²) in [5.41, 5.74) is 4.53. The maximum absolute atomic E-state index is 12.1. The lowest BCUT2D eigenvalue weighted by Crippen LogP contribution is -2.25. The smallest absolute Gasteiger partial charge is 0.310 e. The topological polar surface area (TPSA) is 12.0 Å². The monoisotopic (exact) mass is 259 g/mol. The number of hydrogen-bond acceptors (Lipinski definition) is 1. The average molecular weight is 259 g/mol. The summed E-state index contributed by atoms with van der Waals surface area (Å²) < 4.78 is 36.2. The van der Waals surface area contributed by atoms with Gasteiger partial charge in [-0.2, -0.15) is 13.2 Å². The van der Waals surface area contributed by atoms with E-state index in [1.807, 2.05) is 27.7 Å². The van der Waals surface area contributed by atoms with E-state index in [1.165, 1.54) is 5.56 Å². The molecule has 0 aliphatic heterocycles. The van der Waals surface area contributed by atoms with Crippen molar-refractivity contribution in [3.63, 3.8) is 0 Å². The van der Waals surface area contributed by atoms with Crippen molar-refractivity contribution < 1.29 is 13.2 Å². The summed E-state index contributed by atoms with van der Waals surface area (Å²) in [5.74, 6) is 0. The SMILES string of the molecule is Cc1cc(C)c(C(C)NCCC(F)(F)F)c(C)c1. The van der Waals surface area contributed by atoms with Crippen LogP contribution in [-0.4, -0.2) is 12.7 Å². The molecule has 0 saturated heterocycles. The summed E-state index contributed by atoms with van der Waals surface area (Å²) in [6.07, 6.45) is -4.88. The normalized spacial score (nSPS) is 13.7. The van der Waals surface area contributed by atoms with Crippen LogP contribution in [0.1, 0.15) is 41.6 Å². The Labute approximate surface area is 106 Å². The summed E-state index contributed by atoms with van der Waals surface area (Å²) >= 11 is 0. The molecule has 0 aromatic heterocycles. The van der Waals surface area contributed by atoms with E-state index in [0.717, 1.165) is 16.7 Å². The second kappa shape index (κ2) is 5.74. The van der Waals surface area contributed by atoms with E-state index in [4.69, 9.17) is 0 Å². The zero-order valence-electron chi connectivity index (χ0n) is 11.3. The predicted molar refractivity (Wildman–Crippen MR) is 67.7 cm³/mol. The molecule has 0 aliphatic carbocycles. The van der Waals surface area contributed by atoms with Crippen LogP contribution in [0.15, 0.2) is 12.1 Å². The Hall–Kier alpha value is -1.03. The molecule has 102 valence electrons. The van der Waals surface area contributed by atoms with Crippen molar-refractivity contribution in [2.24, 2.45) is 0 Å². The molecule has 1 nitrogen and oxygen atoms in total. The summed E-state index contributed by atoms with van der Waals surface area (Å²) in [6.45, 7) is 7.87. The van der Waals surface area contributed by atoms with Gasteiger partial charge in [-0.3, -0.25) is 0 Å². The third kappa shape index (κ3) is 4.33. The first-order chi connectivity index (χ1) is 8.20. The third-order valence-electron chi connectivity index (χ3n) is 3.03. The number of rotatable bonds is 4. The minimum atomic E-state index is -4.09. The highest BCUT2D eigenvalue weighted by Gasteiger charge is 2.26. The van der Waals surface area contributed by atoms with E-state index in [-0.39, 0.29) is 12.6 Å². The Morgan fingerprint density at radius 3 is 2.06 bits per heavy atom. The Morgan fingerprint density at radius 1 is 1.11 bits per heavy atom. The molecule has 4 heteroatoms. The fourth-order valence-corrected chi connectivity index (χ4v) is 2.41. The van der Waals surface area contributed by atoms with Crippen LogP contribution in [0.3, 0.4) is 0 Å². The van der Waals surface area contributed by atoms with Crippen molar-refractivity contribution in [1.82, 2.24) is 5.32 Å². The van der Waals surface area contributed by atoms with Crippen LogP contribution in [0.4, 0.5) is 13.2 Å². The van der Waals surface area contributed by atoms with Crippen molar-refractivity contribution in [1.29, 1.82) is 0 Å². The second-order valence-corrected chi connectivity index (χ2v) is 4.85. The largest absolute Gasteiger partial charge is 0.390 e. The molecule has 0 amide bonds. The first-order valence-electron chi connectivity index (χ1n) is 6.08. The minimum Gasteiger partial charge on any atom is -0.310 e. The van der Waals surface area contributed by atoms with E-state index >= 15 is 0 Å². The van der Waals surface area contributed by atoms with Crippen LogP contribution in [0.25, 0.3) is 0 Å². The van der Waals surface area contributed by atoms with Gasteiger partial charge in [0, 0.05) is 12.6 Å². The number of nitrogens with one attached hydrogen (secondary N) is 1. The molecule has 1 rings (SSSR count). The van der Waals surface area contributed by atoms with Crippen LogP contribution in [0.5, 0.6) is 0 Å². The third-order valence-corrected chi connectivity index (χ3v) is 3.03. The molecule has 1 aromatic carbocycles. The molecule has 0 saturated carbocycles. The van der Waals surface area contributed by atoms with Crippen molar-refractivity contribution in [3.8, 4) is 0 Å². The lowest BCUT2D eigenvalue weighted by Gasteiger charge is -2.20. The van der Waals surface area contributed by atoms with Crippen LogP contribution < -0.4 is 5.32 Å². The molecule has 0 bridgehead atoms. The van der Waals surface area contributed by atoms with E-state index in [9.17, 15) is 13.2 Å². The molecule has 0 aliphatic rings. The molecule has 1 unspecified atom stereocenters. The van der Waals surface area contributed by atoms with Gasteiger partial charge in [0.1, 0.15) is 0 Å². The van der Waals surface area contributed by atoms with Crippen LogP contribution in [0.2, 0.25) is 0 Å². The number of alkyl halides is 3. The Balaban J connectivity index is 2.70. The summed E-state index contributed by atoms with van der Waals surface area (Å²) in [5, 5.41) is 2.94.